The Bertz CT molecular complexity index is 486. The van der Waals surface area contributed by atoms with Gasteiger partial charge in [0.1, 0.15) is 5.60 Å². The maximum absolute atomic E-state index is 12.3. The van der Waals surface area contributed by atoms with Crippen LogP contribution < -0.4 is 0 Å². The minimum absolute atomic E-state index is 0.0653. The van der Waals surface area contributed by atoms with E-state index in [9.17, 15) is 18.3 Å². The molecular formula is C12H24N2O6S. The number of hydrogen-bond donors (Lipinski definition) is 1. The van der Waals surface area contributed by atoms with Crippen LogP contribution in [0.1, 0.15) is 20.8 Å². The van der Waals surface area contributed by atoms with Crippen molar-refractivity contribution in [3.63, 3.8) is 0 Å². The first-order valence-electron chi connectivity index (χ1n) is 6.59. The normalized spacial score (nSPS) is 25.0. The van der Waals surface area contributed by atoms with Gasteiger partial charge in [0.05, 0.1) is 12.9 Å². The molecule has 0 aromatic carbocycles. The number of likely N-dealkylation sites (N-methyl/N-ethyl adjacent to an activating group) is 1. The largest absolute Gasteiger partial charge is 0.444 e. The highest BCUT2D eigenvalue weighted by Gasteiger charge is 2.48. The number of aliphatic hydroxyl groups is 1. The second-order valence-electron chi connectivity index (χ2n) is 6.26. The summed E-state index contributed by atoms with van der Waals surface area (Å²) in [6.45, 7) is 5.26. The molecule has 1 rings (SSSR count). The van der Waals surface area contributed by atoms with Crippen molar-refractivity contribution in [2.75, 3.05) is 39.5 Å². The Morgan fingerprint density at radius 3 is 2.33 bits per heavy atom. The second-order valence-corrected chi connectivity index (χ2v) is 7.84. The molecule has 0 aromatic heterocycles. The van der Waals surface area contributed by atoms with E-state index in [1.54, 1.807) is 32.7 Å². The average Bonchev–Trinajstić information content (AvgIpc) is 2.23. The summed E-state index contributed by atoms with van der Waals surface area (Å²) in [6, 6.07) is 0. The van der Waals surface area contributed by atoms with Crippen molar-refractivity contribution in [3.05, 3.63) is 0 Å². The molecule has 0 saturated carbocycles. The van der Waals surface area contributed by atoms with Crippen LogP contribution in [0.4, 0.5) is 4.79 Å². The minimum Gasteiger partial charge on any atom is -0.444 e. The van der Waals surface area contributed by atoms with Gasteiger partial charge in [-0.15, -0.1) is 0 Å². The Kier molecular flexibility index (Phi) is 5.25. The lowest BCUT2D eigenvalue weighted by Gasteiger charge is -2.47. The lowest BCUT2D eigenvalue weighted by molar-refractivity contribution is -0.143. The zero-order valence-electron chi connectivity index (χ0n) is 13.1. The molecule has 0 spiro atoms. The third-order valence-corrected chi connectivity index (χ3v) is 3.49. The van der Waals surface area contributed by atoms with Crippen LogP contribution in [0.15, 0.2) is 0 Å². The number of aliphatic hydroxyl groups excluding tert-OH is 1. The van der Waals surface area contributed by atoms with Gasteiger partial charge in [-0.05, 0) is 27.8 Å². The maximum Gasteiger partial charge on any atom is 0.412 e. The zero-order chi connectivity index (χ0) is 16.5. The number of hydrogen-bond acceptors (Lipinski definition) is 7. The maximum atomic E-state index is 12.3. The number of carbonyl (C=O) groups excluding carboxylic acids is 1. The Morgan fingerprint density at radius 1 is 1.33 bits per heavy atom. The molecule has 0 bridgehead atoms. The van der Waals surface area contributed by atoms with Crippen molar-refractivity contribution in [2.24, 2.45) is 0 Å². The van der Waals surface area contributed by atoms with Gasteiger partial charge in [-0.2, -0.15) is 8.42 Å². The minimum atomic E-state index is -3.86. The first-order valence-corrected chi connectivity index (χ1v) is 8.41. The SMILES string of the molecule is CN1CCN(C(=O)OC(C)(C)C)C(CO)(OS(C)(=O)=O)C1. The fourth-order valence-corrected chi connectivity index (χ4v) is 2.91. The smallest absolute Gasteiger partial charge is 0.412 e. The highest BCUT2D eigenvalue weighted by molar-refractivity contribution is 7.86. The van der Waals surface area contributed by atoms with E-state index in [0.717, 1.165) is 11.2 Å². The first kappa shape index (κ1) is 18.1. The van der Waals surface area contributed by atoms with E-state index in [4.69, 9.17) is 8.92 Å². The summed E-state index contributed by atoms with van der Waals surface area (Å²) in [6.07, 6.45) is 0.167. The van der Waals surface area contributed by atoms with E-state index in [-0.39, 0.29) is 13.1 Å². The molecule has 9 heteroatoms. The molecule has 124 valence electrons. The van der Waals surface area contributed by atoms with Crippen LogP contribution in [0.2, 0.25) is 0 Å². The van der Waals surface area contributed by atoms with Crippen LogP contribution in [0, 0.1) is 0 Å². The molecule has 1 amide bonds. The molecule has 1 aliphatic heterocycles. The molecule has 1 atom stereocenters. The van der Waals surface area contributed by atoms with Crippen LogP contribution >= 0.6 is 0 Å². The molecule has 0 aromatic rings. The number of carbonyl (C=O) groups is 1. The van der Waals surface area contributed by atoms with Gasteiger partial charge < -0.3 is 9.84 Å². The van der Waals surface area contributed by atoms with E-state index >= 15 is 0 Å². The van der Waals surface area contributed by atoms with Gasteiger partial charge in [-0.1, -0.05) is 0 Å². The molecule has 1 aliphatic rings. The topological polar surface area (TPSA) is 96.4 Å². The van der Waals surface area contributed by atoms with Crippen molar-refractivity contribution in [1.29, 1.82) is 0 Å². The molecule has 1 unspecified atom stereocenters. The Labute approximate surface area is 125 Å². The summed E-state index contributed by atoms with van der Waals surface area (Å²) >= 11 is 0. The summed E-state index contributed by atoms with van der Waals surface area (Å²) in [4.78, 5) is 15.2. The van der Waals surface area contributed by atoms with Crippen LogP contribution in [0.25, 0.3) is 0 Å². The predicted molar refractivity (Wildman–Crippen MR) is 76.2 cm³/mol. The third kappa shape index (κ3) is 5.10. The lowest BCUT2D eigenvalue weighted by Crippen LogP contribution is -2.67. The molecule has 0 aliphatic carbocycles. The van der Waals surface area contributed by atoms with Crippen LogP contribution in [0.5, 0.6) is 0 Å². The molecule has 1 saturated heterocycles. The summed E-state index contributed by atoms with van der Waals surface area (Å²) in [7, 11) is -2.11. The Morgan fingerprint density at radius 2 is 1.90 bits per heavy atom. The zero-order valence-corrected chi connectivity index (χ0v) is 13.9. The van der Waals surface area contributed by atoms with Crippen molar-refractivity contribution in [3.8, 4) is 0 Å². The van der Waals surface area contributed by atoms with Crippen LogP contribution in [-0.2, 0) is 19.0 Å². The highest BCUT2D eigenvalue weighted by Crippen LogP contribution is 2.26. The number of nitrogens with zero attached hydrogens (tertiary/aromatic N) is 2. The summed E-state index contributed by atoms with van der Waals surface area (Å²) < 4.78 is 33.3. The molecule has 8 nitrogen and oxygen atoms in total. The van der Waals surface area contributed by atoms with E-state index < -0.39 is 34.1 Å². The van der Waals surface area contributed by atoms with Gasteiger partial charge in [0.2, 0.25) is 0 Å². The first-order chi connectivity index (χ1) is 9.38. The fourth-order valence-electron chi connectivity index (χ4n) is 2.15. The Balaban J connectivity index is 3.10. The molecule has 0 radical (unpaired) electrons. The highest BCUT2D eigenvalue weighted by atomic mass is 32.2. The molecular weight excluding hydrogens is 300 g/mol. The van der Waals surface area contributed by atoms with Gasteiger partial charge in [0.25, 0.3) is 10.1 Å². The number of rotatable bonds is 3. The van der Waals surface area contributed by atoms with Gasteiger partial charge in [0, 0.05) is 19.6 Å². The molecule has 1 fully saturated rings. The average molecular weight is 324 g/mol. The second kappa shape index (κ2) is 6.07. The van der Waals surface area contributed by atoms with Crippen molar-refractivity contribution in [1.82, 2.24) is 9.80 Å². The fraction of sp³-hybridized carbons (Fsp3) is 0.917. The summed E-state index contributed by atoms with van der Waals surface area (Å²) in [5, 5.41) is 9.67. The van der Waals surface area contributed by atoms with E-state index in [0.29, 0.717) is 6.54 Å². The molecule has 21 heavy (non-hydrogen) atoms. The van der Waals surface area contributed by atoms with Crippen molar-refractivity contribution >= 4 is 16.2 Å². The number of piperazine rings is 1. The monoisotopic (exact) mass is 324 g/mol. The van der Waals surface area contributed by atoms with Crippen LogP contribution in [0.3, 0.4) is 0 Å². The van der Waals surface area contributed by atoms with E-state index in [2.05, 4.69) is 0 Å². The van der Waals surface area contributed by atoms with E-state index in [1.165, 1.54) is 0 Å². The van der Waals surface area contributed by atoms with Crippen LogP contribution in [-0.4, -0.2) is 80.3 Å². The quantitative estimate of drug-likeness (QED) is 0.720. The number of amides is 1. The van der Waals surface area contributed by atoms with Gasteiger partial charge in [-0.25, -0.2) is 8.98 Å². The predicted octanol–water partition coefficient (Wildman–Crippen LogP) is -0.166. The van der Waals surface area contributed by atoms with Crippen molar-refractivity contribution < 1.29 is 27.2 Å². The third-order valence-electron chi connectivity index (χ3n) is 2.88. The van der Waals surface area contributed by atoms with Gasteiger partial charge >= 0.3 is 6.09 Å². The van der Waals surface area contributed by atoms with E-state index in [1.807, 2.05) is 0 Å². The molecule has 1 N–H and O–H groups in total. The molecule has 1 heterocycles. The Hall–Kier alpha value is -0.900. The number of ether oxygens (including phenoxy) is 1. The lowest BCUT2D eigenvalue weighted by atomic mass is 10.1. The summed E-state index contributed by atoms with van der Waals surface area (Å²) in [5.74, 6) is 0. The summed E-state index contributed by atoms with van der Waals surface area (Å²) in [5.41, 5.74) is -2.39. The van der Waals surface area contributed by atoms with Gasteiger partial charge in [0.15, 0.2) is 5.72 Å². The standard InChI is InChI=1S/C12H24N2O6S/c1-11(2,3)19-10(16)14-7-6-13(4)8-12(14,9-15)20-21(5,17)18/h15H,6-9H2,1-5H3. The van der Waals surface area contributed by atoms with Gasteiger partial charge in [-0.3, -0.25) is 9.80 Å². The van der Waals surface area contributed by atoms with Crippen molar-refractivity contribution in [2.45, 2.75) is 32.1 Å².